The molecule has 0 bridgehead atoms. The van der Waals surface area contributed by atoms with Crippen molar-refractivity contribution in [1.82, 2.24) is 9.97 Å². The summed E-state index contributed by atoms with van der Waals surface area (Å²) >= 11 is 0. The van der Waals surface area contributed by atoms with Crippen molar-refractivity contribution in [3.63, 3.8) is 0 Å². The lowest BCUT2D eigenvalue weighted by atomic mass is 10.1. The van der Waals surface area contributed by atoms with E-state index in [2.05, 4.69) is 5.32 Å². The van der Waals surface area contributed by atoms with Crippen LogP contribution in [0.3, 0.4) is 0 Å². The first kappa shape index (κ1) is 24.0. The van der Waals surface area contributed by atoms with E-state index >= 15 is 0 Å². The molecule has 0 saturated carbocycles. The van der Waals surface area contributed by atoms with Crippen molar-refractivity contribution in [3.05, 3.63) is 89.9 Å². The minimum absolute atomic E-state index is 0.260. The fraction of sp³-hybridized carbons (Fsp3) is 0.172. The van der Waals surface area contributed by atoms with E-state index in [0.717, 1.165) is 11.1 Å². The van der Waals surface area contributed by atoms with Crippen molar-refractivity contribution in [2.75, 3.05) is 5.32 Å². The van der Waals surface area contributed by atoms with E-state index in [1.807, 2.05) is 32.0 Å². The monoisotopic (exact) mass is 495 g/mol. The Balaban J connectivity index is 1.42. The van der Waals surface area contributed by atoms with Crippen molar-refractivity contribution in [3.8, 4) is 22.9 Å². The smallest absolute Gasteiger partial charge is 0.338 e. The number of aromatic nitrogens is 2. The summed E-state index contributed by atoms with van der Waals surface area (Å²) in [6.45, 7) is 5.65. The topological polar surface area (TPSA) is 107 Å². The predicted octanol–water partition coefficient (Wildman–Crippen LogP) is 6.34. The number of nitrogens with zero attached hydrogens (tertiary/aromatic N) is 2. The Labute approximate surface area is 213 Å². The lowest BCUT2D eigenvalue weighted by Crippen LogP contribution is -2.32. The molecule has 8 nitrogen and oxygen atoms in total. The second-order valence-electron chi connectivity index (χ2n) is 8.69. The van der Waals surface area contributed by atoms with E-state index < -0.39 is 12.1 Å². The number of furan rings is 2. The molecule has 5 aromatic rings. The van der Waals surface area contributed by atoms with Crippen LogP contribution in [-0.2, 0) is 9.53 Å². The molecule has 0 saturated heterocycles. The van der Waals surface area contributed by atoms with Gasteiger partial charge >= 0.3 is 5.97 Å². The van der Waals surface area contributed by atoms with E-state index in [1.165, 1.54) is 0 Å². The summed E-state index contributed by atoms with van der Waals surface area (Å²) in [5, 5.41) is 2.87. The third kappa shape index (κ3) is 4.99. The third-order valence-corrected chi connectivity index (χ3v) is 5.97. The van der Waals surface area contributed by atoms with Crippen LogP contribution >= 0.6 is 0 Å². The van der Waals surface area contributed by atoms with Gasteiger partial charge in [0.15, 0.2) is 17.6 Å². The fourth-order valence-corrected chi connectivity index (χ4v) is 3.95. The van der Waals surface area contributed by atoms with Gasteiger partial charge in [-0.15, -0.1) is 0 Å². The van der Waals surface area contributed by atoms with E-state index in [0.29, 0.717) is 46.0 Å². The zero-order chi connectivity index (χ0) is 25.9. The number of ether oxygens (including phenoxy) is 1. The Morgan fingerprint density at radius 2 is 1.57 bits per heavy atom. The lowest BCUT2D eigenvalue weighted by molar-refractivity contribution is -0.124. The Morgan fingerprint density at radius 1 is 0.892 bits per heavy atom. The van der Waals surface area contributed by atoms with Crippen molar-refractivity contribution in [1.29, 1.82) is 0 Å². The molecule has 5 rings (SSSR count). The SMILES string of the molecule is CCC(OC(=O)c1ccc2nc(-c3ccco3)c(-c3ccco3)nc2c1)C(=O)Nc1cc(C)ccc1C. The van der Waals surface area contributed by atoms with E-state index in [4.69, 9.17) is 23.5 Å². The van der Waals surface area contributed by atoms with Crippen LogP contribution in [0.2, 0.25) is 0 Å². The van der Waals surface area contributed by atoms with Gasteiger partial charge in [-0.3, -0.25) is 4.79 Å². The molecule has 3 aromatic heterocycles. The van der Waals surface area contributed by atoms with Crippen LogP contribution in [0.5, 0.6) is 0 Å². The number of amides is 1. The number of aryl methyl sites for hydroxylation is 2. The number of carbonyl (C=O) groups excluding carboxylic acids is 2. The Morgan fingerprint density at radius 3 is 2.19 bits per heavy atom. The number of esters is 1. The molecular formula is C29H25N3O5. The van der Waals surface area contributed by atoms with Crippen LogP contribution in [-0.4, -0.2) is 27.9 Å². The van der Waals surface area contributed by atoms with Gasteiger partial charge in [0, 0.05) is 5.69 Å². The van der Waals surface area contributed by atoms with Crippen LogP contribution in [0.1, 0.15) is 34.8 Å². The molecular weight excluding hydrogens is 470 g/mol. The summed E-state index contributed by atoms with van der Waals surface area (Å²) in [7, 11) is 0. The summed E-state index contributed by atoms with van der Waals surface area (Å²) in [6.07, 6.45) is 2.49. The summed E-state index contributed by atoms with van der Waals surface area (Å²) < 4.78 is 16.7. The molecule has 1 amide bonds. The second-order valence-corrected chi connectivity index (χ2v) is 8.69. The van der Waals surface area contributed by atoms with Crippen LogP contribution in [0, 0.1) is 13.8 Å². The molecule has 1 N–H and O–H groups in total. The molecule has 3 heterocycles. The molecule has 8 heteroatoms. The highest BCUT2D eigenvalue weighted by atomic mass is 16.5. The molecule has 0 fully saturated rings. The standard InChI is InChI=1S/C29H25N3O5/c1-4-23(28(33)32-21-15-17(2)9-10-18(21)3)37-29(34)19-11-12-20-22(16-19)31-27(25-8-6-14-36-25)26(30-20)24-7-5-13-35-24/h5-16,23H,4H2,1-3H3,(H,32,33). The first-order valence-electron chi connectivity index (χ1n) is 11.9. The summed E-state index contributed by atoms with van der Waals surface area (Å²) in [4.78, 5) is 35.3. The zero-order valence-corrected chi connectivity index (χ0v) is 20.6. The lowest BCUT2D eigenvalue weighted by Gasteiger charge is -2.17. The van der Waals surface area contributed by atoms with Crippen LogP contribution in [0.4, 0.5) is 5.69 Å². The van der Waals surface area contributed by atoms with Gasteiger partial charge in [-0.25, -0.2) is 14.8 Å². The number of carbonyl (C=O) groups is 2. The number of anilines is 1. The molecule has 0 aliphatic rings. The summed E-state index contributed by atoms with van der Waals surface area (Å²) in [5.74, 6) is 0.0579. The summed E-state index contributed by atoms with van der Waals surface area (Å²) in [5.41, 5.74) is 4.95. The molecule has 0 aliphatic heterocycles. The highest BCUT2D eigenvalue weighted by molar-refractivity contribution is 5.99. The third-order valence-electron chi connectivity index (χ3n) is 5.97. The van der Waals surface area contributed by atoms with E-state index in [9.17, 15) is 9.59 Å². The average Bonchev–Trinajstić information content (AvgIpc) is 3.63. The van der Waals surface area contributed by atoms with Crippen molar-refractivity contribution < 1.29 is 23.2 Å². The van der Waals surface area contributed by atoms with E-state index in [1.54, 1.807) is 61.9 Å². The molecule has 186 valence electrons. The van der Waals surface area contributed by atoms with Crippen LogP contribution < -0.4 is 5.32 Å². The predicted molar refractivity (Wildman–Crippen MR) is 139 cm³/mol. The Bertz CT molecular complexity index is 1570. The van der Waals surface area contributed by atoms with Crippen LogP contribution in [0.25, 0.3) is 33.9 Å². The largest absolute Gasteiger partial charge is 0.463 e. The molecule has 1 unspecified atom stereocenters. The second kappa shape index (κ2) is 10.1. The quantitative estimate of drug-likeness (QED) is 0.262. The first-order chi connectivity index (χ1) is 17.9. The molecule has 0 spiro atoms. The minimum Gasteiger partial charge on any atom is -0.463 e. The first-order valence-corrected chi connectivity index (χ1v) is 11.9. The average molecular weight is 496 g/mol. The van der Waals surface area contributed by atoms with Gasteiger partial charge in [0.05, 0.1) is 29.1 Å². The zero-order valence-electron chi connectivity index (χ0n) is 20.6. The van der Waals surface area contributed by atoms with Crippen molar-refractivity contribution in [2.24, 2.45) is 0 Å². The van der Waals surface area contributed by atoms with Gasteiger partial charge in [0.1, 0.15) is 11.4 Å². The summed E-state index contributed by atoms with van der Waals surface area (Å²) in [6, 6.07) is 17.8. The van der Waals surface area contributed by atoms with Gasteiger partial charge in [-0.1, -0.05) is 19.1 Å². The number of fused-ring (bicyclic) bond motifs is 1. The maximum Gasteiger partial charge on any atom is 0.338 e. The van der Waals surface area contributed by atoms with Gasteiger partial charge in [0.25, 0.3) is 5.91 Å². The number of nitrogens with one attached hydrogen (secondary N) is 1. The van der Waals surface area contributed by atoms with Crippen molar-refractivity contribution in [2.45, 2.75) is 33.3 Å². The molecule has 0 aliphatic carbocycles. The molecule has 1 atom stereocenters. The molecule has 37 heavy (non-hydrogen) atoms. The fourth-order valence-electron chi connectivity index (χ4n) is 3.95. The number of benzene rings is 2. The maximum atomic E-state index is 13.0. The Kier molecular flexibility index (Phi) is 6.55. The minimum atomic E-state index is -0.950. The van der Waals surface area contributed by atoms with Gasteiger partial charge in [-0.05, 0) is 79.9 Å². The highest BCUT2D eigenvalue weighted by Gasteiger charge is 2.24. The van der Waals surface area contributed by atoms with Crippen LogP contribution in [0.15, 0.2) is 82.0 Å². The number of hydrogen-bond acceptors (Lipinski definition) is 7. The van der Waals surface area contributed by atoms with E-state index in [-0.39, 0.29) is 11.5 Å². The molecule has 0 radical (unpaired) electrons. The highest BCUT2D eigenvalue weighted by Crippen LogP contribution is 2.31. The van der Waals surface area contributed by atoms with Gasteiger partial charge < -0.3 is 18.9 Å². The number of rotatable bonds is 7. The van der Waals surface area contributed by atoms with Crippen molar-refractivity contribution >= 4 is 28.6 Å². The normalized spacial score (nSPS) is 11.9. The van der Waals surface area contributed by atoms with Gasteiger partial charge in [0.2, 0.25) is 0 Å². The number of hydrogen-bond donors (Lipinski definition) is 1. The Hall–Kier alpha value is -4.72. The molecule has 2 aromatic carbocycles. The van der Waals surface area contributed by atoms with Gasteiger partial charge in [-0.2, -0.15) is 0 Å². The maximum absolute atomic E-state index is 13.0.